The molecule has 1 atom stereocenters. The molecule has 8 heteroatoms. The van der Waals surface area contributed by atoms with Crippen LogP contribution in [0.15, 0.2) is 37.2 Å². The summed E-state index contributed by atoms with van der Waals surface area (Å²) in [5, 5.41) is 5.72. The van der Waals surface area contributed by atoms with Crippen LogP contribution in [0.4, 0.5) is 0 Å². The van der Waals surface area contributed by atoms with Crippen LogP contribution in [0.2, 0.25) is 0 Å². The van der Waals surface area contributed by atoms with E-state index in [9.17, 15) is 18.0 Å². The summed E-state index contributed by atoms with van der Waals surface area (Å²) in [4.78, 5) is 24.9. The van der Waals surface area contributed by atoms with Crippen LogP contribution < -0.4 is 10.9 Å². The van der Waals surface area contributed by atoms with E-state index < -0.39 is 21.5 Å². The van der Waals surface area contributed by atoms with Gasteiger partial charge in [-0.2, -0.15) is 0 Å². The van der Waals surface area contributed by atoms with Crippen LogP contribution in [0, 0.1) is 6.92 Å². The molecule has 162 valence electrons. The number of amides is 1. The Kier molecular flexibility index (Phi) is 4.77. The molecular formula is C23H23NO6S. The number of carbonyl (C=O) groups excluding carboxylic acids is 1. The molecule has 0 spiro atoms. The predicted octanol–water partition coefficient (Wildman–Crippen LogP) is 3.09. The second kappa shape index (κ2) is 7.37. The quantitative estimate of drug-likeness (QED) is 0.624. The topological polar surface area (TPSA) is 107 Å². The summed E-state index contributed by atoms with van der Waals surface area (Å²) in [6, 6.07) is 3.31. The van der Waals surface area contributed by atoms with Gasteiger partial charge in [0.25, 0.3) is 0 Å². The number of nitrogens with one attached hydrogen (secondary N) is 1. The number of hydrogen-bond acceptors (Lipinski definition) is 6. The maximum Gasteiger partial charge on any atom is 0.339 e. The molecule has 3 heterocycles. The molecule has 1 aromatic carbocycles. The van der Waals surface area contributed by atoms with Gasteiger partial charge in [0.15, 0.2) is 9.84 Å². The summed E-state index contributed by atoms with van der Waals surface area (Å²) in [7, 11) is -3.23. The lowest BCUT2D eigenvalue weighted by molar-refractivity contribution is -0.121. The van der Waals surface area contributed by atoms with Crippen molar-refractivity contribution >= 4 is 37.7 Å². The summed E-state index contributed by atoms with van der Waals surface area (Å²) >= 11 is 0. The first-order valence-electron chi connectivity index (χ1n) is 10.5. The molecule has 31 heavy (non-hydrogen) atoms. The Labute approximate surface area is 179 Å². The van der Waals surface area contributed by atoms with Crippen LogP contribution in [0.3, 0.4) is 0 Å². The number of sulfone groups is 1. The second-order valence-corrected chi connectivity index (χ2v) is 10.3. The molecule has 0 saturated heterocycles. The minimum Gasteiger partial charge on any atom is -0.461 e. The molecule has 0 saturated carbocycles. The number of benzene rings is 1. The molecule has 5 rings (SSSR count). The molecule has 1 N–H and O–H groups in total. The Morgan fingerprint density at radius 1 is 1.13 bits per heavy atom. The largest absolute Gasteiger partial charge is 0.461 e. The molecule has 2 aliphatic rings. The highest BCUT2D eigenvalue weighted by Crippen LogP contribution is 2.35. The van der Waals surface area contributed by atoms with Crippen LogP contribution in [0.1, 0.15) is 41.7 Å². The van der Waals surface area contributed by atoms with Crippen molar-refractivity contribution < 1.29 is 22.0 Å². The third-order valence-electron chi connectivity index (χ3n) is 6.24. The zero-order valence-corrected chi connectivity index (χ0v) is 18.0. The van der Waals surface area contributed by atoms with Gasteiger partial charge in [-0.15, -0.1) is 0 Å². The van der Waals surface area contributed by atoms with Gasteiger partial charge >= 0.3 is 5.63 Å². The van der Waals surface area contributed by atoms with E-state index in [1.807, 2.05) is 13.0 Å². The van der Waals surface area contributed by atoms with Crippen LogP contribution in [0.25, 0.3) is 21.9 Å². The fourth-order valence-electron chi connectivity index (χ4n) is 4.62. The van der Waals surface area contributed by atoms with Crippen molar-refractivity contribution in [3.63, 3.8) is 0 Å². The smallest absolute Gasteiger partial charge is 0.339 e. The number of fused-ring (bicyclic) bond motifs is 4. The van der Waals surface area contributed by atoms with Crippen molar-refractivity contribution in [2.24, 2.45) is 0 Å². The summed E-state index contributed by atoms with van der Waals surface area (Å²) in [5.41, 5.74) is 3.28. The molecule has 1 aliphatic carbocycles. The normalized spacial score (nSPS) is 19.7. The van der Waals surface area contributed by atoms with Crippen LogP contribution >= 0.6 is 0 Å². The zero-order chi connectivity index (χ0) is 21.8. The van der Waals surface area contributed by atoms with E-state index in [2.05, 4.69) is 5.32 Å². The van der Waals surface area contributed by atoms with Gasteiger partial charge in [-0.25, -0.2) is 13.2 Å². The maximum absolute atomic E-state index is 12.6. The minimum absolute atomic E-state index is 0.0743. The highest BCUT2D eigenvalue weighted by Gasteiger charge is 2.24. The second-order valence-electron chi connectivity index (χ2n) is 8.38. The number of furan rings is 1. The lowest BCUT2D eigenvalue weighted by atomic mass is 9.94. The molecule has 7 nitrogen and oxygen atoms in total. The van der Waals surface area contributed by atoms with E-state index in [1.54, 1.807) is 6.07 Å². The highest BCUT2D eigenvalue weighted by atomic mass is 32.2. The minimum atomic E-state index is -3.23. The van der Waals surface area contributed by atoms with Gasteiger partial charge in [-0.3, -0.25) is 4.79 Å². The molecule has 0 bridgehead atoms. The van der Waals surface area contributed by atoms with E-state index in [-0.39, 0.29) is 24.5 Å². The SMILES string of the molecule is Cc1c(CCC(=O)N[C@@H]2C=CS(=O)(=O)C2)c(=O)oc2cc3oc4c(c3cc12)CCCC4. The molecular weight excluding hydrogens is 418 g/mol. The number of carbonyl (C=O) groups is 1. The van der Waals surface area contributed by atoms with Gasteiger partial charge in [-0.05, 0) is 50.3 Å². The maximum atomic E-state index is 12.6. The van der Waals surface area contributed by atoms with E-state index in [0.717, 1.165) is 58.8 Å². The fraction of sp³-hybridized carbons (Fsp3) is 0.391. The van der Waals surface area contributed by atoms with Gasteiger partial charge in [0.2, 0.25) is 5.91 Å². The van der Waals surface area contributed by atoms with E-state index >= 15 is 0 Å². The fourth-order valence-corrected chi connectivity index (χ4v) is 5.85. The summed E-state index contributed by atoms with van der Waals surface area (Å²) in [6.07, 6.45) is 5.95. The van der Waals surface area contributed by atoms with Gasteiger partial charge in [0.05, 0.1) is 11.8 Å². The average molecular weight is 442 g/mol. The van der Waals surface area contributed by atoms with Crippen molar-refractivity contribution in [1.82, 2.24) is 5.32 Å². The number of aryl methyl sites for hydroxylation is 3. The van der Waals surface area contributed by atoms with Crippen LogP contribution in [0.5, 0.6) is 0 Å². The zero-order valence-electron chi connectivity index (χ0n) is 17.2. The van der Waals surface area contributed by atoms with Crippen molar-refractivity contribution in [1.29, 1.82) is 0 Å². The summed E-state index contributed by atoms with van der Waals surface area (Å²) in [6.45, 7) is 1.87. The molecule has 0 radical (unpaired) electrons. The van der Waals surface area contributed by atoms with E-state index in [0.29, 0.717) is 11.1 Å². The number of rotatable bonds is 4. The van der Waals surface area contributed by atoms with Crippen molar-refractivity contribution in [2.75, 3.05) is 5.75 Å². The summed E-state index contributed by atoms with van der Waals surface area (Å²) in [5.74, 6) is 0.599. The molecule has 3 aromatic rings. The monoisotopic (exact) mass is 441 g/mol. The number of hydrogen-bond donors (Lipinski definition) is 1. The van der Waals surface area contributed by atoms with Crippen LogP contribution in [-0.2, 0) is 33.9 Å². The van der Waals surface area contributed by atoms with Crippen molar-refractivity contribution in [3.8, 4) is 0 Å². The van der Waals surface area contributed by atoms with E-state index in [1.165, 1.54) is 11.6 Å². The Bertz CT molecular complexity index is 1410. The standard InChI is InChI=1S/C23H23NO6S/c1-13-15(6-7-22(25)24-14-8-9-31(27,28)12-14)23(26)30-20-11-21-18(10-17(13)20)16-4-2-3-5-19(16)29-21/h8-11,14H,2-7,12H2,1H3,(H,24,25)/t14-/m1/s1. The summed E-state index contributed by atoms with van der Waals surface area (Å²) < 4.78 is 34.5. The molecule has 1 amide bonds. The third kappa shape index (κ3) is 3.69. The molecule has 0 unspecified atom stereocenters. The Hall–Kier alpha value is -2.87. The van der Waals surface area contributed by atoms with Gasteiger partial charge in [-0.1, -0.05) is 0 Å². The van der Waals surface area contributed by atoms with E-state index in [4.69, 9.17) is 8.83 Å². The Morgan fingerprint density at radius 2 is 1.90 bits per heavy atom. The van der Waals surface area contributed by atoms with Gasteiger partial charge in [0, 0.05) is 46.2 Å². The first-order valence-corrected chi connectivity index (χ1v) is 12.2. The van der Waals surface area contributed by atoms with Crippen molar-refractivity contribution in [3.05, 3.63) is 56.5 Å². The third-order valence-corrected chi connectivity index (χ3v) is 7.64. The average Bonchev–Trinajstić information content (AvgIpc) is 3.25. The van der Waals surface area contributed by atoms with Gasteiger partial charge in [0.1, 0.15) is 16.9 Å². The predicted molar refractivity (Wildman–Crippen MR) is 117 cm³/mol. The lowest BCUT2D eigenvalue weighted by Crippen LogP contribution is -2.35. The molecule has 0 fully saturated rings. The molecule has 1 aliphatic heterocycles. The van der Waals surface area contributed by atoms with Gasteiger partial charge < -0.3 is 14.2 Å². The Balaban J connectivity index is 1.42. The first kappa shape index (κ1) is 20.1. The first-order chi connectivity index (χ1) is 14.8. The Morgan fingerprint density at radius 3 is 2.68 bits per heavy atom. The lowest BCUT2D eigenvalue weighted by Gasteiger charge is -2.11. The highest BCUT2D eigenvalue weighted by molar-refractivity contribution is 7.94. The van der Waals surface area contributed by atoms with Crippen molar-refractivity contribution in [2.45, 2.75) is 51.5 Å². The van der Waals surface area contributed by atoms with Crippen LogP contribution in [-0.4, -0.2) is 26.1 Å². The molecule has 2 aromatic heterocycles.